The average molecular weight is 636 g/mol. The Labute approximate surface area is 249 Å². The summed E-state index contributed by atoms with van der Waals surface area (Å²) in [5.74, 6) is -0.613. The predicted molar refractivity (Wildman–Crippen MR) is 157 cm³/mol. The number of nitrogens with one attached hydrogen (secondary N) is 2. The van der Waals surface area contributed by atoms with Crippen molar-refractivity contribution in [3.63, 3.8) is 0 Å². The summed E-state index contributed by atoms with van der Waals surface area (Å²) >= 11 is 13.5. The monoisotopic (exact) mass is 634 g/mol. The number of urea groups is 1. The van der Waals surface area contributed by atoms with Gasteiger partial charge in [-0.3, -0.25) is 10.0 Å². The minimum absolute atomic E-state index is 0.0288. The highest BCUT2D eigenvalue weighted by molar-refractivity contribution is 7.92. The van der Waals surface area contributed by atoms with Gasteiger partial charge in [0.15, 0.2) is 22.0 Å². The molecule has 3 heterocycles. The summed E-state index contributed by atoms with van der Waals surface area (Å²) in [5, 5.41) is 12.4. The number of benzene rings is 2. The van der Waals surface area contributed by atoms with Gasteiger partial charge in [-0.2, -0.15) is 0 Å². The summed E-state index contributed by atoms with van der Waals surface area (Å²) in [6, 6.07) is 15.2. The molecule has 10 nitrogen and oxygen atoms in total. The van der Waals surface area contributed by atoms with Crippen molar-refractivity contribution in [3.8, 4) is 21.8 Å². The number of amides is 3. The van der Waals surface area contributed by atoms with E-state index in [0.29, 0.717) is 16.3 Å². The summed E-state index contributed by atoms with van der Waals surface area (Å²) in [4.78, 5) is 32.1. The number of thiophene rings is 1. The first-order chi connectivity index (χ1) is 19.6. The molecule has 2 aromatic heterocycles. The van der Waals surface area contributed by atoms with Crippen LogP contribution in [0.5, 0.6) is 0 Å². The molecule has 0 radical (unpaired) electrons. The van der Waals surface area contributed by atoms with Crippen LogP contribution in [0, 0.1) is 0 Å². The van der Waals surface area contributed by atoms with E-state index in [0.717, 1.165) is 16.0 Å². The standard InChI is InChI=1S/C27H24Cl2N4O6S2/c28-19-2-1-3-20(25(19)29)31-26(35)33-11-10-27(14-24(34)32-36,41(37,38)13-12-33)23-9-8-22(40-23)18-6-4-17(5-7-18)21-15-30-16-39-21/h1-9,15-16,36H,10-14H2,(H,31,35)(H,32,34). The Morgan fingerprint density at radius 2 is 1.83 bits per heavy atom. The van der Waals surface area contributed by atoms with Gasteiger partial charge in [-0.05, 0) is 36.2 Å². The van der Waals surface area contributed by atoms with E-state index in [1.165, 1.54) is 22.6 Å². The molecule has 1 saturated heterocycles. The second kappa shape index (κ2) is 11.8. The molecule has 0 aliphatic carbocycles. The van der Waals surface area contributed by atoms with Crippen LogP contribution in [0.4, 0.5) is 10.5 Å². The third-order valence-corrected chi connectivity index (χ3v) is 11.8. The Hall–Kier alpha value is -3.42. The molecule has 5 rings (SSSR count). The zero-order valence-corrected chi connectivity index (χ0v) is 24.5. The minimum atomic E-state index is -3.99. The highest BCUT2D eigenvalue weighted by atomic mass is 35.5. The van der Waals surface area contributed by atoms with Crippen molar-refractivity contribution in [3.05, 3.63) is 82.1 Å². The number of hydrogen-bond acceptors (Lipinski definition) is 8. The van der Waals surface area contributed by atoms with E-state index in [9.17, 15) is 23.2 Å². The number of aromatic nitrogens is 1. The number of carbonyl (C=O) groups excluding carboxylic acids is 2. The number of sulfone groups is 1. The van der Waals surface area contributed by atoms with E-state index in [-0.39, 0.29) is 35.3 Å². The lowest BCUT2D eigenvalue weighted by Gasteiger charge is -2.30. The molecule has 41 heavy (non-hydrogen) atoms. The number of halogens is 2. The van der Waals surface area contributed by atoms with Gasteiger partial charge in [-0.1, -0.05) is 53.5 Å². The molecule has 1 unspecified atom stereocenters. The summed E-state index contributed by atoms with van der Waals surface area (Å²) in [6.07, 6.45) is 2.38. The van der Waals surface area contributed by atoms with Crippen molar-refractivity contribution in [2.24, 2.45) is 0 Å². The van der Waals surface area contributed by atoms with Crippen molar-refractivity contribution in [1.82, 2.24) is 15.4 Å². The SMILES string of the molecule is O=C(CC1(c2ccc(-c3ccc(-c4cnco4)cc3)s2)CCN(C(=O)Nc2cccc(Cl)c2Cl)CCS1(=O)=O)NO. The highest BCUT2D eigenvalue weighted by Crippen LogP contribution is 2.45. The molecule has 3 N–H and O–H groups in total. The van der Waals surface area contributed by atoms with Crippen LogP contribution in [0.2, 0.25) is 10.0 Å². The number of oxazole rings is 1. The van der Waals surface area contributed by atoms with Crippen molar-refractivity contribution >= 4 is 62.0 Å². The fraction of sp³-hybridized carbons (Fsp3) is 0.222. The third-order valence-electron chi connectivity index (χ3n) is 7.00. The van der Waals surface area contributed by atoms with Crippen LogP contribution in [0.1, 0.15) is 17.7 Å². The zero-order valence-electron chi connectivity index (χ0n) is 21.3. The molecule has 214 valence electrons. The smallest absolute Gasteiger partial charge is 0.321 e. The molecule has 0 saturated carbocycles. The van der Waals surface area contributed by atoms with Crippen molar-refractivity contribution < 1.29 is 27.6 Å². The van der Waals surface area contributed by atoms with E-state index < -0.39 is 32.9 Å². The van der Waals surface area contributed by atoms with Crippen LogP contribution in [-0.2, 0) is 19.4 Å². The molecule has 0 bridgehead atoms. The lowest BCUT2D eigenvalue weighted by atomic mass is 9.97. The first-order valence-corrected chi connectivity index (χ1v) is 15.6. The van der Waals surface area contributed by atoms with Crippen LogP contribution in [0.15, 0.2) is 71.6 Å². The number of anilines is 1. The number of nitrogens with zero attached hydrogens (tertiary/aromatic N) is 2. The van der Waals surface area contributed by atoms with Crippen LogP contribution in [-0.4, -0.2) is 54.3 Å². The van der Waals surface area contributed by atoms with E-state index >= 15 is 0 Å². The summed E-state index contributed by atoms with van der Waals surface area (Å²) in [7, 11) is -3.99. The van der Waals surface area contributed by atoms with Gasteiger partial charge in [0.1, 0.15) is 4.75 Å². The maximum atomic E-state index is 13.9. The molecule has 3 amide bonds. The molecular formula is C27H24Cl2N4O6S2. The molecule has 4 aromatic rings. The first kappa shape index (κ1) is 29.1. The predicted octanol–water partition coefficient (Wildman–Crippen LogP) is 5.82. The molecule has 1 fully saturated rings. The topological polar surface area (TPSA) is 142 Å². The quantitative estimate of drug-likeness (QED) is 0.179. The van der Waals surface area contributed by atoms with Crippen molar-refractivity contribution in [2.45, 2.75) is 17.6 Å². The molecule has 0 spiro atoms. The summed E-state index contributed by atoms with van der Waals surface area (Å²) in [6.45, 7) is -0.0722. The van der Waals surface area contributed by atoms with Crippen LogP contribution < -0.4 is 10.8 Å². The van der Waals surface area contributed by atoms with Crippen LogP contribution >= 0.6 is 34.5 Å². The lowest BCUT2D eigenvalue weighted by molar-refractivity contribution is -0.129. The van der Waals surface area contributed by atoms with Gasteiger partial charge >= 0.3 is 6.03 Å². The van der Waals surface area contributed by atoms with Crippen molar-refractivity contribution in [1.29, 1.82) is 0 Å². The van der Waals surface area contributed by atoms with Crippen LogP contribution in [0.3, 0.4) is 0 Å². The lowest BCUT2D eigenvalue weighted by Crippen LogP contribution is -2.41. The number of rotatable bonds is 6. The number of hydroxylamine groups is 1. The third kappa shape index (κ3) is 5.84. The Morgan fingerprint density at radius 3 is 2.54 bits per heavy atom. The van der Waals surface area contributed by atoms with E-state index in [1.807, 2.05) is 24.3 Å². The highest BCUT2D eigenvalue weighted by Gasteiger charge is 2.50. The maximum Gasteiger partial charge on any atom is 0.321 e. The second-order valence-corrected chi connectivity index (χ2v) is 13.7. The zero-order chi connectivity index (χ0) is 29.2. The molecule has 1 aliphatic heterocycles. The Morgan fingerprint density at radius 1 is 1.07 bits per heavy atom. The van der Waals surface area contributed by atoms with Gasteiger partial charge in [0.25, 0.3) is 0 Å². The Kier molecular flexibility index (Phi) is 8.39. The fourth-order valence-electron chi connectivity index (χ4n) is 4.76. The van der Waals surface area contributed by atoms with E-state index in [1.54, 1.807) is 42.0 Å². The molecule has 1 atom stereocenters. The van der Waals surface area contributed by atoms with Gasteiger partial charge in [0.2, 0.25) is 5.91 Å². The largest absolute Gasteiger partial charge is 0.444 e. The van der Waals surface area contributed by atoms with Crippen LogP contribution in [0.25, 0.3) is 21.8 Å². The Bertz CT molecular complexity index is 1680. The average Bonchev–Trinajstić information content (AvgIpc) is 3.66. The number of hydrogen-bond donors (Lipinski definition) is 3. The van der Waals surface area contributed by atoms with Gasteiger partial charge in [-0.15, -0.1) is 11.3 Å². The molecule has 2 aromatic carbocycles. The van der Waals surface area contributed by atoms with E-state index in [4.69, 9.17) is 27.6 Å². The molecular weight excluding hydrogens is 611 g/mol. The fourth-order valence-corrected chi connectivity index (χ4v) is 8.72. The summed E-state index contributed by atoms with van der Waals surface area (Å²) < 4.78 is 31.4. The Balaban J connectivity index is 1.44. The van der Waals surface area contributed by atoms with Gasteiger partial charge in [0.05, 0.1) is 34.1 Å². The molecule has 1 aliphatic rings. The first-order valence-electron chi connectivity index (χ1n) is 12.4. The number of carbonyl (C=O) groups is 2. The van der Waals surface area contributed by atoms with Gasteiger partial charge in [0, 0.05) is 28.4 Å². The minimum Gasteiger partial charge on any atom is -0.444 e. The summed E-state index contributed by atoms with van der Waals surface area (Å²) in [5.41, 5.74) is 3.54. The van der Waals surface area contributed by atoms with Gasteiger partial charge in [-0.25, -0.2) is 23.7 Å². The van der Waals surface area contributed by atoms with Gasteiger partial charge < -0.3 is 14.6 Å². The molecule has 14 heteroatoms. The second-order valence-electron chi connectivity index (χ2n) is 9.40. The van der Waals surface area contributed by atoms with E-state index in [2.05, 4.69) is 10.3 Å². The maximum absolute atomic E-state index is 13.9. The van der Waals surface area contributed by atoms with Crippen molar-refractivity contribution in [2.75, 3.05) is 24.2 Å². The normalized spacial score (nSPS) is 18.5.